The average Bonchev–Trinajstić information content (AvgIpc) is 2.90. The first-order chi connectivity index (χ1) is 13.0. The van der Waals surface area contributed by atoms with Crippen LogP contribution in [0.1, 0.15) is 34.6 Å². The number of carbonyl (C=O) groups is 1. The number of ether oxygens (including phenoxy) is 6. The van der Waals surface area contributed by atoms with Crippen LogP contribution in [0.2, 0.25) is 0 Å². The van der Waals surface area contributed by atoms with Gasteiger partial charge < -0.3 is 33.5 Å². The van der Waals surface area contributed by atoms with Gasteiger partial charge in [0.25, 0.3) is 0 Å². The van der Waals surface area contributed by atoms with Gasteiger partial charge in [-0.1, -0.05) is 5.92 Å². The molecule has 1 fully saturated rings. The lowest BCUT2D eigenvalue weighted by atomic mass is 9.99. The van der Waals surface area contributed by atoms with E-state index in [-0.39, 0.29) is 20.2 Å². The van der Waals surface area contributed by atoms with Gasteiger partial charge in [0.15, 0.2) is 0 Å². The molecule has 0 radical (unpaired) electrons. The summed E-state index contributed by atoms with van der Waals surface area (Å²) in [5.74, 6) is 2.24. The molecule has 9 nitrogen and oxygen atoms in total. The molecule has 1 heterocycles. The zero-order valence-corrected chi connectivity index (χ0v) is 17.8. The summed E-state index contributed by atoms with van der Waals surface area (Å²) in [5.41, 5.74) is -1.66. The molecule has 1 rings (SSSR count). The summed E-state index contributed by atoms with van der Waals surface area (Å²) in [6.07, 6.45) is 1.66. The fourth-order valence-electron chi connectivity index (χ4n) is 2.92. The van der Waals surface area contributed by atoms with Crippen molar-refractivity contribution in [1.29, 1.82) is 0 Å². The highest BCUT2D eigenvalue weighted by Crippen LogP contribution is 2.33. The molecular formula is C19H33NO8. The smallest absolute Gasteiger partial charge is 0.412 e. The van der Waals surface area contributed by atoms with Crippen molar-refractivity contribution in [3.63, 3.8) is 0 Å². The molecular weight excluding hydrogens is 370 g/mol. The number of aliphatic hydroxyl groups excluding tert-OH is 1. The number of methoxy groups -OCH3 is 2. The van der Waals surface area contributed by atoms with Gasteiger partial charge in [0.1, 0.15) is 43.2 Å². The Labute approximate surface area is 167 Å². The van der Waals surface area contributed by atoms with Gasteiger partial charge in [-0.15, -0.1) is 6.42 Å². The molecule has 0 bridgehead atoms. The van der Waals surface area contributed by atoms with E-state index in [4.69, 9.17) is 34.8 Å². The maximum absolute atomic E-state index is 12.9. The van der Waals surface area contributed by atoms with Crippen molar-refractivity contribution >= 4 is 6.09 Å². The first kappa shape index (κ1) is 24.6. The number of rotatable bonds is 9. The quantitative estimate of drug-likeness (QED) is 0.455. The highest BCUT2D eigenvalue weighted by molar-refractivity contribution is 5.70. The summed E-state index contributed by atoms with van der Waals surface area (Å²) in [7, 11) is 2.90. The highest BCUT2D eigenvalue weighted by Gasteiger charge is 2.52. The van der Waals surface area contributed by atoms with Crippen molar-refractivity contribution in [1.82, 2.24) is 4.90 Å². The molecule has 1 aliphatic rings. The molecule has 4 atom stereocenters. The molecule has 162 valence electrons. The molecule has 0 aliphatic carbocycles. The van der Waals surface area contributed by atoms with Crippen molar-refractivity contribution in [3.8, 4) is 12.3 Å². The maximum atomic E-state index is 12.9. The van der Waals surface area contributed by atoms with Crippen LogP contribution in [-0.4, -0.2) is 86.2 Å². The van der Waals surface area contributed by atoms with Gasteiger partial charge in [-0.25, -0.2) is 4.79 Å². The molecule has 0 unspecified atom stereocenters. The molecule has 0 aromatic heterocycles. The van der Waals surface area contributed by atoms with Gasteiger partial charge in [0.05, 0.1) is 12.6 Å². The van der Waals surface area contributed by atoms with Crippen LogP contribution in [0.3, 0.4) is 0 Å². The van der Waals surface area contributed by atoms with E-state index < -0.39 is 41.8 Å². The van der Waals surface area contributed by atoms with Gasteiger partial charge in [-0.2, -0.15) is 0 Å². The van der Waals surface area contributed by atoms with Gasteiger partial charge in [-0.3, -0.25) is 4.90 Å². The lowest BCUT2D eigenvalue weighted by molar-refractivity contribution is -0.191. The second kappa shape index (κ2) is 10.4. The Morgan fingerprint density at radius 2 is 1.86 bits per heavy atom. The third-order valence-corrected chi connectivity index (χ3v) is 4.05. The zero-order valence-electron chi connectivity index (χ0n) is 17.8. The number of hydrogen-bond donors (Lipinski definition) is 1. The van der Waals surface area contributed by atoms with Crippen molar-refractivity contribution in [2.75, 3.05) is 34.4 Å². The van der Waals surface area contributed by atoms with Crippen LogP contribution in [0, 0.1) is 12.3 Å². The van der Waals surface area contributed by atoms with Crippen molar-refractivity contribution in [3.05, 3.63) is 0 Å². The second-order valence-electron chi connectivity index (χ2n) is 7.86. The normalized spacial score (nSPS) is 22.4. The summed E-state index contributed by atoms with van der Waals surface area (Å²) >= 11 is 0. The molecule has 9 heteroatoms. The summed E-state index contributed by atoms with van der Waals surface area (Å²) in [5, 5.41) is 10.3. The minimum absolute atomic E-state index is 0.103. The number of hydrogen-bond acceptors (Lipinski definition) is 8. The standard InChI is InChI=1S/C19H33NO8/c1-9-14(21)16(26-12-24-8)15(25-11-23-7)13-10-27-19(5,6)20(13)17(22)28-18(2,3)4/h1,13-16,21H,10-12H2,2-8H3/t13-,14-,15-,16-/m0/s1. The predicted molar refractivity (Wildman–Crippen MR) is 100 cm³/mol. The fourth-order valence-corrected chi connectivity index (χ4v) is 2.92. The van der Waals surface area contributed by atoms with E-state index in [0.717, 1.165) is 0 Å². The predicted octanol–water partition coefficient (Wildman–Crippen LogP) is 1.33. The molecule has 0 spiro atoms. The lowest BCUT2D eigenvalue weighted by Crippen LogP contribution is -2.58. The van der Waals surface area contributed by atoms with Crippen LogP contribution < -0.4 is 0 Å². The topological polar surface area (TPSA) is 95.9 Å². The van der Waals surface area contributed by atoms with E-state index >= 15 is 0 Å². The van der Waals surface area contributed by atoms with E-state index in [9.17, 15) is 9.90 Å². The summed E-state index contributed by atoms with van der Waals surface area (Å²) in [6.45, 7) is 8.71. The Morgan fingerprint density at radius 1 is 1.29 bits per heavy atom. The summed E-state index contributed by atoms with van der Waals surface area (Å²) < 4.78 is 32.7. The van der Waals surface area contributed by atoms with E-state index in [1.54, 1.807) is 34.6 Å². The summed E-state index contributed by atoms with van der Waals surface area (Å²) in [6, 6.07) is -0.648. The molecule has 1 amide bonds. The minimum Gasteiger partial charge on any atom is -0.444 e. The number of aliphatic hydroxyl groups is 1. The molecule has 1 saturated heterocycles. The fraction of sp³-hybridized carbons (Fsp3) is 0.842. The third-order valence-electron chi connectivity index (χ3n) is 4.05. The van der Waals surface area contributed by atoms with Crippen molar-refractivity contribution < 1.29 is 38.3 Å². The first-order valence-corrected chi connectivity index (χ1v) is 9.00. The van der Waals surface area contributed by atoms with Crippen LogP contribution in [0.25, 0.3) is 0 Å². The Bertz CT molecular complexity index is 539. The number of amides is 1. The number of nitrogens with zero attached hydrogens (tertiary/aromatic N) is 1. The minimum atomic E-state index is -1.30. The third kappa shape index (κ3) is 6.58. The van der Waals surface area contributed by atoms with Gasteiger partial charge in [-0.05, 0) is 34.6 Å². The largest absolute Gasteiger partial charge is 0.444 e. The monoisotopic (exact) mass is 403 g/mol. The molecule has 0 saturated carbocycles. The van der Waals surface area contributed by atoms with Crippen LogP contribution in [0.5, 0.6) is 0 Å². The average molecular weight is 403 g/mol. The Hall–Kier alpha value is -1.41. The molecule has 1 aliphatic heterocycles. The van der Waals surface area contributed by atoms with E-state index in [1.165, 1.54) is 19.1 Å². The number of carbonyl (C=O) groups excluding carboxylic acids is 1. The first-order valence-electron chi connectivity index (χ1n) is 9.00. The Kier molecular flexibility index (Phi) is 9.14. The van der Waals surface area contributed by atoms with E-state index in [0.29, 0.717) is 0 Å². The Balaban J connectivity index is 3.24. The molecule has 28 heavy (non-hydrogen) atoms. The van der Waals surface area contributed by atoms with Gasteiger partial charge in [0.2, 0.25) is 0 Å². The van der Waals surface area contributed by atoms with Crippen LogP contribution in [-0.2, 0) is 28.4 Å². The van der Waals surface area contributed by atoms with Crippen molar-refractivity contribution in [2.45, 2.75) is 70.3 Å². The van der Waals surface area contributed by atoms with Crippen LogP contribution in [0.4, 0.5) is 4.79 Å². The molecule has 0 aromatic rings. The van der Waals surface area contributed by atoms with E-state index in [2.05, 4.69) is 5.92 Å². The lowest BCUT2D eigenvalue weighted by Gasteiger charge is -2.39. The van der Waals surface area contributed by atoms with Crippen LogP contribution in [0.15, 0.2) is 0 Å². The number of terminal acetylenes is 1. The van der Waals surface area contributed by atoms with Gasteiger partial charge >= 0.3 is 6.09 Å². The van der Waals surface area contributed by atoms with Crippen LogP contribution >= 0.6 is 0 Å². The maximum Gasteiger partial charge on any atom is 0.412 e. The SMILES string of the molecule is C#C[C@H](O)[C@H](OCOC)[C@@H](OCOC)[C@@H]1COC(C)(C)N1C(=O)OC(C)(C)C. The van der Waals surface area contributed by atoms with E-state index in [1.807, 2.05) is 0 Å². The Morgan fingerprint density at radius 3 is 2.36 bits per heavy atom. The zero-order chi connectivity index (χ0) is 21.5. The molecule has 0 aromatic carbocycles. The second-order valence-corrected chi connectivity index (χ2v) is 7.86. The van der Waals surface area contributed by atoms with Crippen molar-refractivity contribution in [2.24, 2.45) is 0 Å². The molecule has 1 N–H and O–H groups in total. The highest BCUT2D eigenvalue weighted by atomic mass is 16.7. The van der Waals surface area contributed by atoms with Gasteiger partial charge in [0, 0.05) is 14.2 Å². The summed E-state index contributed by atoms with van der Waals surface area (Å²) in [4.78, 5) is 14.3.